The van der Waals surface area contributed by atoms with Crippen molar-refractivity contribution < 1.29 is 13.5 Å². The van der Waals surface area contributed by atoms with Gasteiger partial charge in [-0.3, -0.25) is 0 Å². The molecule has 0 saturated carbocycles. The second kappa shape index (κ2) is 11.0. The average Bonchev–Trinajstić information content (AvgIpc) is 2.96. The number of hydrogen-bond acceptors (Lipinski definition) is 4. The Morgan fingerprint density at radius 2 is 2.04 bits per heavy atom. The van der Waals surface area contributed by atoms with Crippen molar-refractivity contribution in [3.8, 4) is 5.19 Å². The fourth-order valence-electron chi connectivity index (χ4n) is 2.40. The molecule has 1 atom stereocenters. The number of rotatable bonds is 13. The van der Waals surface area contributed by atoms with Crippen molar-refractivity contribution in [1.82, 2.24) is 9.88 Å². The Balaban J connectivity index is 2.20. The Hall–Kier alpha value is -0.750. The molecule has 1 aromatic heterocycles. The Morgan fingerprint density at radius 3 is 2.71 bits per heavy atom. The molecule has 24 heavy (non-hydrogen) atoms. The van der Waals surface area contributed by atoms with E-state index in [0.717, 1.165) is 37.2 Å². The van der Waals surface area contributed by atoms with Gasteiger partial charge in [0.25, 0.3) is 11.1 Å². The van der Waals surface area contributed by atoms with Crippen LogP contribution >= 0.6 is 11.3 Å². The zero-order valence-corrected chi connectivity index (χ0v) is 16.3. The predicted octanol–water partition coefficient (Wildman–Crippen LogP) is 5.26. The molecule has 0 bridgehead atoms. The molecule has 0 radical (unpaired) electrons. The fraction of sp³-hybridized carbons (Fsp3) is 0.833. The highest BCUT2D eigenvalue weighted by Gasteiger charge is 2.22. The second-order valence-electron chi connectivity index (χ2n) is 6.89. The maximum absolute atomic E-state index is 12.8. The molecule has 0 amide bonds. The van der Waals surface area contributed by atoms with E-state index in [-0.39, 0.29) is 0 Å². The summed E-state index contributed by atoms with van der Waals surface area (Å²) in [4.78, 5) is 7.46. The standard InChI is InChI=1S/C18H32F2N2OS/c1-5-6-7-8-15(2)9-11-22(4)12-10-16-13-21-17(24-16)23-14-18(3,19)20/h13,15H,5-12,14H2,1-4H3/t15-/m0/s1. The van der Waals surface area contributed by atoms with E-state index in [1.165, 1.54) is 43.4 Å². The third-order valence-corrected chi connectivity index (χ3v) is 5.00. The van der Waals surface area contributed by atoms with Crippen molar-refractivity contribution in [2.45, 2.75) is 65.2 Å². The number of likely N-dealkylation sites (N-methyl/N-ethyl adjacent to an activating group) is 1. The SMILES string of the molecule is CCCCC[C@H](C)CCN(C)CCc1cnc(OCC(C)(F)F)s1. The van der Waals surface area contributed by atoms with Gasteiger partial charge in [-0.25, -0.2) is 13.8 Å². The minimum absolute atomic E-state index is 0.332. The maximum atomic E-state index is 12.8. The number of unbranched alkanes of at least 4 members (excludes halogenated alkanes) is 2. The van der Waals surface area contributed by atoms with E-state index in [2.05, 4.69) is 30.8 Å². The summed E-state index contributed by atoms with van der Waals surface area (Å²) in [7, 11) is 2.13. The van der Waals surface area contributed by atoms with Crippen molar-refractivity contribution in [3.05, 3.63) is 11.1 Å². The minimum Gasteiger partial charge on any atom is -0.464 e. The van der Waals surface area contributed by atoms with Crippen LogP contribution in [0.5, 0.6) is 5.19 Å². The van der Waals surface area contributed by atoms with E-state index >= 15 is 0 Å². The number of ether oxygens (including phenoxy) is 1. The number of halogens is 2. The fourth-order valence-corrected chi connectivity index (χ4v) is 3.15. The van der Waals surface area contributed by atoms with Crippen LogP contribution in [0.15, 0.2) is 6.20 Å². The van der Waals surface area contributed by atoms with Crippen LogP contribution in [0, 0.1) is 5.92 Å². The van der Waals surface area contributed by atoms with Crippen LogP contribution < -0.4 is 4.74 Å². The molecule has 0 aliphatic rings. The maximum Gasteiger partial charge on any atom is 0.278 e. The molecule has 0 spiro atoms. The largest absolute Gasteiger partial charge is 0.464 e. The Kier molecular flexibility index (Phi) is 9.74. The van der Waals surface area contributed by atoms with Gasteiger partial charge in [-0.1, -0.05) is 50.9 Å². The van der Waals surface area contributed by atoms with Crippen molar-refractivity contribution in [2.75, 3.05) is 26.7 Å². The van der Waals surface area contributed by atoms with Crippen LogP contribution in [0.3, 0.4) is 0 Å². The van der Waals surface area contributed by atoms with Gasteiger partial charge in [0.05, 0.1) is 0 Å². The third-order valence-electron chi connectivity index (χ3n) is 4.03. The summed E-state index contributed by atoms with van der Waals surface area (Å²) in [5.41, 5.74) is 0. The predicted molar refractivity (Wildman–Crippen MR) is 97.4 cm³/mol. The molecule has 0 saturated heterocycles. The summed E-state index contributed by atoms with van der Waals surface area (Å²) in [6, 6.07) is 0. The average molecular weight is 363 g/mol. The second-order valence-corrected chi connectivity index (χ2v) is 7.97. The highest BCUT2D eigenvalue weighted by molar-refractivity contribution is 7.13. The summed E-state index contributed by atoms with van der Waals surface area (Å²) < 4.78 is 30.6. The Morgan fingerprint density at radius 1 is 1.29 bits per heavy atom. The van der Waals surface area contributed by atoms with Gasteiger partial charge in [0.2, 0.25) is 0 Å². The topological polar surface area (TPSA) is 25.4 Å². The normalized spacial score (nSPS) is 13.5. The van der Waals surface area contributed by atoms with Gasteiger partial charge in [-0.05, 0) is 32.4 Å². The van der Waals surface area contributed by atoms with E-state index in [9.17, 15) is 8.78 Å². The number of alkyl halides is 2. The number of thiazole rings is 1. The van der Waals surface area contributed by atoms with E-state index in [1.807, 2.05) is 0 Å². The van der Waals surface area contributed by atoms with Gasteiger partial charge in [-0.15, -0.1) is 0 Å². The molecule has 0 unspecified atom stereocenters. The van der Waals surface area contributed by atoms with Crippen LogP contribution in [0.1, 0.15) is 57.8 Å². The summed E-state index contributed by atoms with van der Waals surface area (Å²) in [5.74, 6) is -2.04. The first-order chi connectivity index (χ1) is 11.3. The molecule has 1 heterocycles. The van der Waals surface area contributed by atoms with E-state index in [4.69, 9.17) is 4.74 Å². The van der Waals surface area contributed by atoms with E-state index in [1.54, 1.807) is 6.20 Å². The van der Waals surface area contributed by atoms with Crippen molar-refractivity contribution in [3.63, 3.8) is 0 Å². The summed E-state index contributed by atoms with van der Waals surface area (Å²) in [6.07, 6.45) is 9.10. The zero-order valence-electron chi connectivity index (χ0n) is 15.5. The highest BCUT2D eigenvalue weighted by atomic mass is 32.1. The molecule has 3 nitrogen and oxygen atoms in total. The lowest BCUT2D eigenvalue weighted by Crippen LogP contribution is -2.23. The van der Waals surface area contributed by atoms with Crippen molar-refractivity contribution >= 4 is 11.3 Å². The molecule has 0 aromatic carbocycles. The highest BCUT2D eigenvalue weighted by Crippen LogP contribution is 2.23. The molecule has 1 rings (SSSR count). The van der Waals surface area contributed by atoms with Crippen LogP contribution in [-0.4, -0.2) is 42.6 Å². The van der Waals surface area contributed by atoms with Crippen molar-refractivity contribution in [1.29, 1.82) is 0 Å². The van der Waals surface area contributed by atoms with E-state index < -0.39 is 12.5 Å². The van der Waals surface area contributed by atoms with Gasteiger partial charge in [0.1, 0.15) is 0 Å². The summed E-state index contributed by atoms with van der Waals surface area (Å²) >= 11 is 1.36. The first kappa shape index (κ1) is 21.3. The molecule has 0 N–H and O–H groups in total. The van der Waals surface area contributed by atoms with Gasteiger partial charge in [0, 0.05) is 24.5 Å². The molecule has 0 aliphatic heterocycles. The molecular weight excluding hydrogens is 330 g/mol. The van der Waals surface area contributed by atoms with Crippen LogP contribution in [-0.2, 0) is 6.42 Å². The quantitative estimate of drug-likeness (QED) is 0.448. The van der Waals surface area contributed by atoms with Crippen LogP contribution in [0.25, 0.3) is 0 Å². The van der Waals surface area contributed by atoms with Gasteiger partial charge in [0.15, 0.2) is 6.61 Å². The number of nitrogens with zero attached hydrogens (tertiary/aromatic N) is 2. The lowest BCUT2D eigenvalue weighted by molar-refractivity contribution is -0.0230. The van der Waals surface area contributed by atoms with Crippen LogP contribution in [0.4, 0.5) is 8.78 Å². The van der Waals surface area contributed by atoms with E-state index in [0.29, 0.717) is 5.19 Å². The minimum atomic E-state index is -2.82. The summed E-state index contributed by atoms with van der Waals surface area (Å²) in [6.45, 7) is 6.85. The number of aromatic nitrogens is 1. The Labute approximate surface area is 149 Å². The first-order valence-electron chi connectivity index (χ1n) is 8.94. The molecular formula is C18H32F2N2OS. The monoisotopic (exact) mass is 362 g/mol. The lowest BCUT2D eigenvalue weighted by Gasteiger charge is -2.19. The smallest absolute Gasteiger partial charge is 0.278 e. The molecule has 1 aromatic rings. The number of hydrogen-bond donors (Lipinski definition) is 0. The zero-order chi connectivity index (χ0) is 18.0. The van der Waals surface area contributed by atoms with Gasteiger partial charge < -0.3 is 9.64 Å². The van der Waals surface area contributed by atoms with Gasteiger partial charge >= 0.3 is 0 Å². The van der Waals surface area contributed by atoms with Gasteiger partial charge in [-0.2, -0.15) is 0 Å². The molecule has 0 fully saturated rings. The molecule has 0 aliphatic carbocycles. The summed E-state index contributed by atoms with van der Waals surface area (Å²) in [5, 5.41) is 0.332. The van der Waals surface area contributed by atoms with Crippen LogP contribution in [0.2, 0.25) is 0 Å². The lowest BCUT2D eigenvalue weighted by atomic mass is 10.00. The van der Waals surface area contributed by atoms with Crippen molar-refractivity contribution in [2.24, 2.45) is 5.92 Å². The Bertz CT molecular complexity index is 448. The molecule has 140 valence electrons. The first-order valence-corrected chi connectivity index (χ1v) is 9.75. The molecule has 6 heteroatoms. The third kappa shape index (κ3) is 10.2.